The molecular formula is C13H15Cl2N3O. The molecule has 0 fully saturated rings. The lowest BCUT2D eigenvalue weighted by molar-refractivity contribution is 0.415. The van der Waals surface area contributed by atoms with Gasteiger partial charge in [-0.3, -0.25) is 4.68 Å². The molecule has 1 heterocycles. The minimum Gasteiger partial charge on any atom is -0.497 e. The van der Waals surface area contributed by atoms with Crippen LogP contribution in [0.3, 0.4) is 0 Å². The summed E-state index contributed by atoms with van der Waals surface area (Å²) in [4.78, 5) is 0. The van der Waals surface area contributed by atoms with Crippen molar-refractivity contribution in [1.29, 1.82) is 0 Å². The fourth-order valence-corrected chi connectivity index (χ4v) is 2.25. The van der Waals surface area contributed by atoms with Gasteiger partial charge in [0.2, 0.25) is 0 Å². The predicted octanol–water partition coefficient (Wildman–Crippen LogP) is 3.66. The number of rotatable bonds is 4. The Hall–Kier alpha value is -1.39. The molecule has 1 N–H and O–H groups in total. The Kier molecular flexibility index (Phi) is 4.22. The summed E-state index contributed by atoms with van der Waals surface area (Å²) in [6.07, 6.45) is 0. The summed E-state index contributed by atoms with van der Waals surface area (Å²) in [5.74, 6) is 0.751. The molecule has 1 aromatic carbocycles. The Morgan fingerprint density at radius 3 is 2.68 bits per heavy atom. The molecule has 0 radical (unpaired) electrons. The van der Waals surface area contributed by atoms with Crippen molar-refractivity contribution in [1.82, 2.24) is 9.78 Å². The highest BCUT2D eigenvalue weighted by molar-refractivity contribution is 6.33. The van der Waals surface area contributed by atoms with E-state index in [0.29, 0.717) is 16.7 Å². The number of nitrogens with zero attached hydrogens (tertiary/aromatic N) is 2. The molecule has 0 saturated carbocycles. The van der Waals surface area contributed by atoms with Gasteiger partial charge in [-0.05, 0) is 19.1 Å². The molecule has 0 aliphatic rings. The van der Waals surface area contributed by atoms with Gasteiger partial charge in [0, 0.05) is 25.2 Å². The third kappa shape index (κ3) is 2.96. The maximum Gasteiger partial charge on any atom is 0.131 e. The van der Waals surface area contributed by atoms with Crippen molar-refractivity contribution in [2.75, 3.05) is 12.4 Å². The van der Waals surface area contributed by atoms with Crippen LogP contribution in [0.15, 0.2) is 18.2 Å². The van der Waals surface area contributed by atoms with Gasteiger partial charge < -0.3 is 10.1 Å². The van der Waals surface area contributed by atoms with Crippen molar-refractivity contribution in [2.24, 2.45) is 7.05 Å². The van der Waals surface area contributed by atoms with Crippen LogP contribution < -0.4 is 10.1 Å². The maximum atomic E-state index is 6.18. The van der Waals surface area contributed by atoms with E-state index in [4.69, 9.17) is 27.9 Å². The molecule has 19 heavy (non-hydrogen) atoms. The van der Waals surface area contributed by atoms with E-state index in [0.717, 1.165) is 22.7 Å². The summed E-state index contributed by atoms with van der Waals surface area (Å²) in [6.45, 7) is 2.49. The monoisotopic (exact) mass is 299 g/mol. The Bertz CT molecular complexity index is 596. The number of ether oxygens (including phenoxy) is 1. The first-order valence-corrected chi connectivity index (χ1v) is 6.54. The van der Waals surface area contributed by atoms with E-state index >= 15 is 0 Å². The SMILES string of the molecule is COc1ccc(Cl)c(NCc2c(C)nn(C)c2Cl)c1. The Balaban J connectivity index is 2.18. The number of nitrogens with one attached hydrogen (secondary N) is 1. The Morgan fingerprint density at radius 1 is 1.37 bits per heavy atom. The van der Waals surface area contributed by atoms with Gasteiger partial charge in [0.1, 0.15) is 10.9 Å². The first kappa shape index (κ1) is 14.0. The summed E-state index contributed by atoms with van der Waals surface area (Å²) < 4.78 is 6.83. The smallest absolute Gasteiger partial charge is 0.131 e. The highest BCUT2D eigenvalue weighted by Gasteiger charge is 2.11. The average Bonchev–Trinajstić information content (AvgIpc) is 2.63. The highest BCUT2D eigenvalue weighted by atomic mass is 35.5. The standard InChI is InChI=1S/C13H15Cl2N3O/c1-8-10(13(15)18(2)17-8)7-16-12-6-9(19-3)4-5-11(12)14/h4-6,16H,7H2,1-3H3. The van der Waals surface area contributed by atoms with Crippen molar-refractivity contribution in [3.8, 4) is 5.75 Å². The van der Waals surface area contributed by atoms with Crippen molar-refractivity contribution in [3.63, 3.8) is 0 Å². The van der Waals surface area contributed by atoms with Crippen LogP contribution in [-0.4, -0.2) is 16.9 Å². The minimum absolute atomic E-state index is 0.561. The summed E-state index contributed by atoms with van der Waals surface area (Å²) in [5, 5.41) is 8.78. The fraction of sp³-hybridized carbons (Fsp3) is 0.308. The van der Waals surface area contributed by atoms with Gasteiger partial charge in [0.05, 0.1) is 23.5 Å². The third-order valence-corrected chi connectivity index (χ3v) is 3.70. The van der Waals surface area contributed by atoms with E-state index in [1.54, 1.807) is 17.9 Å². The normalized spacial score (nSPS) is 10.6. The van der Waals surface area contributed by atoms with Gasteiger partial charge in [-0.2, -0.15) is 5.10 Å². The number of aryl methyl sites for hydroxylation is 2. The fourth-order valence-electron chi connectivity index (χ4n) is 1.83. The molecule has 0 bridgehead atoms. The molecular weight excluding hydrogens is 285 g/mol. The largest absolute Gasteiger partial charge is 0.497 e. The van der Waals surface area contributed by atoms with Crippen molar-refractivity contribution in [3.05, 3.63) is 39.6 Å². The van der Waals surface area contributed by atoms with Gasteiger partial charge in [0.15, 0.2) is 0 Å². The number of anilines is 1. The van der Waals surface area contributed by atoms with Crippen LogP contribution in [-0.2, 0) is 13.6 Å². The van der Waals surface area contributed by atoms with Crippen LogP contribution in [0, 0.1) is 6.92 Å². The Morgan fingerprint density at radius 2 is 2.11 bits per heavy atom. The van der Waals surface area contributed by atoms with Gasteiger partial charge in [-0.15, -0.1) is 0 Å². The number of methoxy groups -OCH3 is 1. The first-order chi connectivity index (χ1) is 9.02. The van der Waals surface area contributed by atoms with Crippen molar-refractivity contribution in [2.45, 2.75) is 13.5 Å². The van der Waals surface area contributed by atoms with E-state index in [1.165, 1.54) is 0 Å². The quantitative estimate of drug-likeness (QED) is 0.936. The second-order valence-corrected chi connectivity index (χ2v) is 4.94. The number of hydrogen-bond donors (Lipinski definition) is 1. The second-order valence-electron chi connectivity index (χ2n) is 4.18. The summed E-state index contributed by atoms with van der Waals surface area (Å²) in [5.41, 5.74) is 2.67. The summed E-state index contributed by atoms with van der Waals surface area (Å²) in [7, 11) is 3.44. The number of halogens is 2. The van der Waals surface area contributed by atoms with E-state index in [1.807, 2.05) is 26.1 Å². The molecule has 2 rings (SSSR count). The lowest BCUT2D eigenvalue weighted by Crippen LogP contribution is -2.01. The van der Waals surface area contributed by atoms with E-state index in [9.17, 15) is 0 Å². The van der Waals surface area contributed by atoms with Crippen LogP contribution >= 0.6 is 23.2 Å². The molecule has 0 aliphatic heterocycles. The van der Waals surface area contributed by atoms with Gasteiger partial charge in [-0.25, -0.2) is 0 Å². The molecule has 0 saturated heterocycles. The van der Waals surface area contributed by atoms with Crippen molar-refractivity contribution < 1.29 is 4.74 Å². The molecule has 2 aromatic rings. The van der Waals surface area contributed by atoms with Gasteiger partial charge >= 0.3 is 0 Å². The molecule has 1 aromatic heterocycles. The Labute approximate surface area is 122 Å². The van der Waals surface area contributed by atoms with Crippen LogP contribution in [0.1, 0.15) is 11.3 Å². The molecule has 102 valence electrons. The second kappa shape index (κ2) is 5.72. The molecule has 0 atom stereocenters. The van der Waals surface area contributed by atoms with Crippen LogP contribution in [0.4, 0.5) is 5.69 Å². The first-order valence-electron chi connectivity index (χ1n) is 5.78. The summed E-state index contributed by atoms with van der Waals surface area (Å²) >= 11 is 12.3. The van der Waals surface area contributed by atoms with Gasteiger partial charge in [-0.1, -0.05) is 23.2 Å². The molecule has 0 aliphatic carbocycles. The van der Waals surface area contributed by atoms with Crippen LogP contribution in [0.25, 0.3) is 0 Å². The molecule has 0 spiro atoms. The molecule has 6 heteroatoms. The maximum absolute atomic E-state index is 6.18. The minimum atomic E-state index is 0.561. The predicted molar refractivity (Wildman–Crippen MR) is 78.3 cm³/mol. The zero-order valence-corrected chi connectivity index (χ0v) is 12.5. The topological polar surface area (TPSA) is 39.1 Å². The average molecular weight is 300 g/mol. The van der Waals surface area contributed by atoms with E-state index in [-0.39, 0.29) is 0 Å². The molecule has 0 amide bonds. The van der Waals surface area contributed by atoms with E-state index in [2.05, 4.69) is 10.4 Å². The summed E-state index contributed by atoms with van der Waals surface area (Å²) in [6, 6.07) is 5.46. The number of aromatic nitrogens is 2. The molecule has 4 nitrogen and oxygen atoms in total. The zero-order chi connectivity index (χ0) is 14.0. The van der Waals surface area contributed by atoms with Crippen LogP contribution in [0.5, 0.6) is 5.75 Å². The number of benzene rings is 1. The molecule has 0 unspecified atom stereocenters. The number of hydrogen-bond acceptors (Lipinski definition) is 3. The van der Waals surface area contributed by atoms with Gasteiger partial charge in [0.25, 0.3) is 0 Å². The van der Waals surface area contributed by atoms with E-state index < -0.39 is 0 Å². The van der Waals surface area contributed by atoms with Crippen molar-refractivity contribution >= 4 is 28.9 Å². The lowest BCUT2D eigenvalue weighted by Gasteiger charge is -2.10. The lowest BCUT2D eigenvalue weighted by atomic mass is 10.2. The van der Waals surface area contributed by atoms with Crippen LogP contribution in [0.2, 0.25) is 10.2 Å². The highest BCUT2D eigenvalue weighted by Crippen LogP contribution is 2.28. The third-order valence-electron chi connectivity index (χ3n) is 2.90. The zero-order valence-electron chi connectivity index (χ0n) is 11.0.